The fourth-order valence-corrected chi connectivity index (χ4v) is 2.74. The summed E-state index contributed by atoms with van der Waals surface area (Å²) in [5.41, 5.74) is 1.76. The van der Waals surface area contributed by atoms with Crippen molar-refractivity contribution in [3.63, 3.8) is 0 Å². The lowest BCUT2D eigenvalue weighted by atomic mass is 10.2. The molecule has 6 nitrogen and oxygen atoms in total. The van der Waals surface area contributed by atoms with Crippen LogP contribution in [0.5, 0.6) is 11.5 Å². The highest BCUT2D eigenvalue weighted by Gasteiger charge is 2.17. The molecule has 0 unspecified atom stereocenters. The van der Waals surface area contributed by atoms with E-state index in [4.69, 9.17) is 13.9 Å². The van der Waals surface area contributed by atoms with E-state index in [1.807, 2.05) is 30.3 Å². The van der Waals surface area contributed by atoms with Gasteiger partial charge in [0.15, 0.2) is 0 Å². The SMILES string of the molecule is Cc1oc(-c2ccccc2)nc1COC(=O)c1ccccc1Oc1cccnc1. The summed E-state index contributed by atoms with van der Waals surface area (Å²) in [5.74, 6) is 1.53. The van der Waals surface area contributed by atoms with E-state index in [1.54, 1.807) is 55.7 Å². The quantitative estimate of drug-likeness (QED) is 0.424. The van der Waals surface area contributed by atoms with Crippen LogP contribution in [0.1, 0.15) is 21.8 Å². The molecule has 6 heteroatoms. The van der Waals surface area contributed by atoms with Gasteiger partial charge in [0.2, 0.25) is 5.89 Å². The summed E-state index contributed by atoms with van der Waals surface area (Å²) >= 11 is 0. The Morgan fingerprint density at radius 2 is 1.79 bits per heavy atom. The number of esters is 1. The zero-order valence-corrected chi connectivity index (χ0v) is 15.7. The van der Waals surface area contributed by atoms with Gasteiger partial charge in [-0.3, -0.25) is 4.98 Å². The average molecular weight is 386 g/mol. The number of benzene rings is 2. The van der Waals surface area contributed by atoms with Crippen molar-refractivity contribution in [1.29, 1.82) is 0 Å². The topological polar surface area (TPSA) is 74.5 Å². The number of para-hydroxylation sites is 1. The van der Waals surface area contributed by atoms with E-state index in [2.05, 4.69) is 9.97 Å². The standard InChI is InChI=1S/C23H18N2O4/c1-16-20(25-22(28-16)17-8-3-2-4-9-17)15-27-23(26)19-11-5-6-12-21(19)29-18-10-7-13-24-14-18/h2-14H,15H2,1H3. The first-order valence-electron chi connectivity index (χ1n) is 9.06. The number of rotatable bonds is 6. The number of hydrogen-bond acceptors (Lipinski definition) is 6. The maximum atomic E-state index is 12.6. The van der Waals surface area contributed by atoms with Crippen molar-refractivity contribution in [3.8, 4) is 23.0 Å². The van der Waals surface area contributed by atoms with Crippen LogP contribution in [0.15, 0.2) is 83.5 Å². The Kier molecular flexibility index (Phi) is 5.33. The van der Waals surface area contributed by atoms with Gasteiger partial charge in [0.25, 0.3) is 0 Å². The zero-order chi connectivity index (χ0) is 20.1. The highest BCUT2D eigenvalue weighted by Crippen LogP contribution is 2.26. The predicted molar refractivity (Wildman–Crippen MR) is 107 cm³/mol. The number of oxazole rings is 1. The lowest BCUT2D eigenvalue weighted by Gasteiger charge is -2.10. The molecular formula is C23H18N2O4. The monoisotopic (exact) mass is 386 g/mol. The molecule has 0 aliphatic heterocycles. The van der Waals surface area contributed by atoms with E-state index >= 15 is 0 Å². The smallest absolute Gasteiger partial charge is 0.342 e. The normalized spacial score (nSPS) is 10.5. The van der Waals surface area contributed by atoms with E-state index in [-0.39, 0.29) is 6.61 Å². The van der Waals surface area contributed by atoms with Crippen molar-refractivity contribution < 1.29 is 18.7 Å². The molecular weight excluding hydrogens is 368 g/mol. The Bertz CT molecular complexity index is 1110. The van der Waals surface area contributed by atoms with Crippen molar-refractivity contribution >= 4 is 5.97 Å². The maximum Gasteiger partial charge on any atom is 0.342 e. The number of aromatic nitrogens is 2. The van der Waals surface area contributed by atoms with Crippen molar-refractivity contribution in [2.75, 3.05) is 0 Å². The predicted octanol–water partition coefficient (Wildman–Crippen LogP) is 5.19. The molecule has 29 heavy (non-hydrogen) atoms. The molecule has 0 atom stereocenters. The number of pyridine rings is 1. The van der Waals surface area contributed by atoms with Crippen LogP contribution in [-0.2, 0) is 11.3 Å². The number of carbonyl (C=O) groups is 1. The molecule has 0 fully saturated rings. The fourth-order valence-electron chi connectivity index (χ4n) is 2.74. The number of nitrogens with zero attached hydrogens (tertiary/aromatic N) is 2. The molecule has 0 saturated carbocycles. The van der Waals surface area contributed by atoms with Gasteiger partial charge in [-0.25, -0.2) is 9.78 Å². The molecule has 0 spiro atoms. The lowest BCUT2D eigenvalue weighted by molar-refractivity contribution is 0.0464. The maximum absolute atomic E-state index is 12.6. The molecule has 0 saturated heterocycles. The molecule has 144 valence electrons. The molecule has 0 aliphatic carbocycles. The Balaban J connectivity index is 1.48. The van der Waals surface area contributed by atoms with Crippen LogP contribution in [0.25, 0.3) is 11.5 Å². The van der Waals surface area contributed by atoms with Crippen LogP contribution in [0.2, 0.25) is 0 Å². The number of aryl methyl sites for hydroxylation is 1. The molecule has 0 radical (unpaired) electrons. The minimum Gasteiger partial charge on any atom is -0.455 e. The summed E-state index contributed by atoms with van der Waals surface area (Å²) in [4.78, 5) is 21.1. The summed E-state index contributed by atoms with van der Waals surface area (Å²) in [6.45, 7) is 1.80. The molecule has 4 aromatic rings. The Morgan fingerprint density at radius 3 is 2.59 bits per heavy atom. The van der Waals surface area contributed by atoms with Crippen LogP contribution in [0.3, 0.4) is 0 Å². The number of carbonyl (C=O) groups excluding carboxylic acids is 1. The van der Waals surface area contributed by atoms with Crippen LogP contribution in [0, 0.1) is 6.92 Å². The van der Waals surface area contributed by atoms with Gasteiger partial charge in [-0.15, -0.1) is 0 Å². The van der Waals surface area contributed by atoms with Crippen LogP contribution < -0.4 is 4.74 Å². The van der Waals surface area contributed by atoms with Gasteiger partial charge in [0.1, 0.15) is 35.1 Å². The minimum atomic E-state index is -0.506. The Morgan fingerprint density at radius 1 is 1.00 bits per heavy atom. The second-order valence-electron chi connectivity index (χ2n) is 6.25. The van der Waals surface area contributed by atoms with Crippen LogP contribution in [-0.4, -0.2) is 15.9 Å². The fraction of sp³-hybridized carbons (Fsp3) is 0.0870. The van der Waals surface area contributed by atoms with Gasteiger partial charge in [0.05, 0.1) is 6.20 Å². The third-order valence-electron chi connectivity index (χ3n) is 4.22. The Hall–Kier alpha value is -3.93. The highest BCUT2D eigenvalue weighted by atomic mass is 16.5. The minimum absolute atomic E-state index is 0.00221. The summed E-state index contributed by atoms with van der Waals surface area (Å²) in [6.07, 6.45) is 3.23. The molecule has 4 rings (SSSR count). The van der Waals surface area contributed by atoms with E-state index in [0.717, 1.165) is 5.56 Å². The largest absolute Gasteiger partial charge is 0.455 e. The van der Waals surface area contributed by atoms with Crippen LogP contribution >= 0.6 is 0 Å². The number of ether oxygens (including phenoxy) is 2. The van der Waals surface area contributed by atoms with Crippen molar-refractivity contribution in [2.24, 2.45) is 0 Å². The summed E-state index contributed by atoms with van der Waals surface area (Å²) in [7, 11) is 0. The van der Waals surface area contributed by atoms with E-state index in [9.17, 15) is 4.79 Å². The second-order valence-corrected chi connectivity index (χ2v) is 6.25. The van der Waals surface area contributed by atoms with Gasteiger partial charge in [-0.2, -0.15) is 0 Å². The molecule has 0 N–H and O–H groups in total. The molecule has 0 bridgehead atoms. The molecule has 2 heterocycles. The molecule has 0 amide bonds. The third-order valence-corrected chi connectivity index (χ3v) is 4.22. The average Bonchev–Trinajstić information content (AvgIpc) is 3.14. The van der Waals surface area contributed by atoms with E-state index in [0.29, 0.717) is 34.4 Å². The van der Waals surface area contributed by atoms with Gasteiger partial charge in [0, 0.05) is 11.8 Å². The van der Waals surface area contributed by atoms with Gasteiger partial charge in [-0.05, 0) is 43.3 Å². The van der Waals surface area contributed by atoms with Gasteiger partial charge < -0.3 is 13.9 Å². The second kappa shape index (κ2) is 8.39. The molecule has 2 aromatic carbocycles. The van der Waals surface area contributed by atoms with Crippen molar-refractivity contribution in [1.82, 2.24) is 9.97 Å². The van der Waals surface area contributed by atoms with Gasteiger partial charge in [-0.1, -0.05) is 30.3 Å². The summed E-state index contributed by atoms with van der Waals surface area (Å²) in [5, 5.41) is 0. The van der Waals surface area contributed by atoms with Crippen molar-refractivity contribution in [2.45, 2.75) is 13.5 Å². The zero-order valence-electron chi connectivity index (χ0n) is 15.7. The highest BCUT2D eigenvalue weighted by molar-refractivity contribution is 5.92. The first-order chi connectivity index (χ1) is 14.2. The van der Waals surface area contributed by atoms with Crippen LogP contribution in [0.4, 0.5) is 0 Å². The first kappa shape index (κ1) is 18.4. The van der Waals surface area contributed by atoms with Crippen molar-refractivity contribution in [3.05, 3.63) is 96.1 Å². The summed E-state index contributed by atoms with van der Waals surface area (Å²) < 4.78 is 16.9. The summed E-state index contributed by atoms with van der Waals surface area (Å²) in [6, 6.07) is 20.0. The van der Waals surface area contributed by atoms with E-state index in [1.165, 1.54) is 0 Å². The third kappa shape index (κ3) is 4.32. The molecule has 2 aromatic heterocycles. The lowest BCUT2D eigenvalue weighted by Crippen LogP contribution is -2.07. The van der Waals surface area contributed by atoms with Gasteiger partial charge >= 0.3 is 5.97 Å². The molecule has 0 aliphatic rings. The Labute approximate surface area is 167 Å². The first-order valence-corrected chi connectivity index (χ1v) is 9.06. The number of hydrogen-bond donors (Lipinski definition) is 0. The van der Waals surface area contributed by atoms with E-state index < -0.39 is 5.97 Å².